The molecule has 3 aromatic rings. The summed E-state index contributed by atoms with van der Waals surface area (Å²) in [6, 6.07) is 11.9. The van der Waals surface area contributed by atoms with Crippen molar-refractivity contribution < 1.29 is 9.18 Å². The van der Waals surface area contributed by atoms with Crippen molar-refractivity contribution in [2.75, 3.05) is 18.4 Å². The van der Waals surface area contributed by atoms with Gasteiger partial charge in [0.05, 0.1) is 5.69 Å². The molecule has 31 heavy (non-hydrogen) atoms. The molecule has 1 aliphatic heterocycles. The van der Waals surface area contributed by atoms with Gasteiger partial charge in [0.1, 0.15) is 17.5 Å². The molecule has 1 fully saturated rings. The Hall–Kier alpha value is -3.35. The normalized spacial score (nSPS) is 16.2. The van der Waals surface area contributed by atoms with Crippen LogP contribution in [0.15, 0.2) is 54.9 Å². The summed E-state index contributed by atoms with van der Waals surface area (Å²) in [5, 5.41) is 3.20. The number of nitrogens with zero attached hydrogens (tertiary/aromatic N) is 4. The zero-order valence-corrected chi connectivity index (χ0v) is 17.6. The van der Waals surface area contributed by atoms with Crippen LogP contribution in [-0.2, 0) is 4.79 Å². The topological polar surface area (TPSA) is 71.0 Å². The standard InChI is InChI=1S/C24H26FN5O/c1-2-6-23(31)30-12-5-8-18(16-30)24-28-21(17-7-4-11-26-15-17)14-22(29-24)27-20-10-3-9-19(25)13-20/h3-4,7,9-11,13-15,18H,2,5-6,8,12,16H2,1H3,(H,27,28,29). The minimum atomic E-state index is -0.316. The van der Waals surface area contributed by atoms with Gasteiger partial charge in [-0.1, -0.05) is 13.0 Å². The summed E-state index contributed by atoms with van der Waals surface area (Å²) in [6.07, 6.45) is 6.73. The number of benzene rings is 1. The molecule has 6 nitrogen and oxygen atoms in total. The first kappa shape index (κ1) is 20.9. The van der Waals surface area contributed by atoms with Crippen LogP contribution in [-0.4, -0.2) is 38.8 Å². The van der Waals surface area contributed by atoms with E-state index in [1.165, 1.54) is 12.1 Å². The van der Waals surface area contributed by atoms with Crippen molar-refractivity contribution in [3.63, 3.8) is 0 Å². The summed E-state index contributed by atoms with van der Waals surface area (Å²) in [4.78, 5) is 28.1. The predicted octanol–water partition coefficient (Wildman–Crippen LogP) is 4.93. The summed E-state index contributed by atoms with van der Waals surface area (Å²) in [5.41, 5.74) is 2.24. The van der Waals surface area contributed by atoms with Gasteiger partial charge in [-0.05, 0) is 49.6 Å². The van der Waals surface area contributed by atoms with E-state index >= 15 is 0 Å². The van der Waals surface area contributed by atoms with Crippen LogP contribution < -0.4 is 5.32 Å². The number of carbonyl (C=O) groups is 1. The highest BCUT2D eigenvalue weighted by molar-refractivity contribution is 5.76. The quantitative estimate of drug-likeness (QED) is 0.614. The van der Waals surface area contributed by atoms with Crippen LogP contribution in [0.2, 0.25) is 0 Å². The first-order valence-corrected chi connectivity index (χ1v) is 10.7. The third-order valence-electron chi connectivity index (χ3n) is 5.40. The number of pyridine rings is 1. The van der Waals surface area contributed by atoms with Gasteiger partial charge in [-0.2, -0.15) is 0 Å². The van der Waals surface area contributed by atoms with Crippen molar-refractivity contribution in [2.45, 2.75) is 38.5 Å². The molecule has 0 saturated carbocycles. The molecule has 1 N–H and O–H groups in total. The Morgan fingerprint density at radius 1 is 1.23 bits per heavy atom. The van der Waals surface area contributed by atoms with Gasteiger partial charge in [0, 0.05) is 55.1 Å². The number of hydrogen-bond acceptors (Lipinski definition) is 5. The molecule has 1 unspecified atom stereocenters. The molecule has 7 heteroatoms. The molecular formula is C24H26FN5O. The number of piperidine rings is 1. The Morgan fingerprint density at radius 3 is 2.90 bits per heavy atom. The number of likely N-dealkylation sites (tertiary alicyclic amines) is 1. The Labute approximate surface area is 181 Å². The van der Waals surface area contributed by atoms with Gasteiger partial charge < -0.3 is 10.2 Å². The Balaban J connectivity index is 1.67. The number of aromatic nitrogens is 3. The molecule has 1 atom stereocenters. The number of anilines is 2. The Kier molecular flexibility index (Phi) is 6.50. The lowest BCUT2D eigenvalue weighted by Gasteiger charge is -2.32. The highest BCUT2D eigenvalue weighted by Gasteiger charge is 2.27. The maximum absolute atomic E-state index is 13.6. The maximum atomic E-state index is 13.6. The fraction of sp³-hybridized carbons (Fsp3) is 0.333. The number of hydrogen-bond donors (Lipinski definition) is 1. The van der Waals surface area contributed by atoms with Crippen molar-refractivity contribution in [1.29, 1.82) is 0 Å². The molecule has 0 aliphatic carbocycles. The van der Waals surface area contributed by atoms with Gasteiger partial charge in [-0.25, -0.2) is 14.4 Å². The first-order valence-electron chi connectivity index (χ1n) is 10.7. The second-order valence-electron chi connectivity index (χ2n) is 7.80. The molecule has 0 bridgehead atoms. The van der Waals surface area contributed by atoms with E-state index in [0.717, 1.165) is 37.1 Å². The molecule has 1 aromatic carbocycles. The highest BCUT2D eigenvalue weighted by atomic mass is 19.1. The number of nitrogens with one attached hydrogen (secondary N) is 1. The van der Waals surface area contributed by atoms with Crippen LogP contribution in [0.5, 0.6) is 0 Å². The average Bonchev–Trinajstić information content (AvgIpc) is 2.80. The molecule has 160 valence electrons. The monoisotopic (exact) mass is 419 g/mol. The summed E-state index contributed by atoms with van der Waals surface area (Å²) >= 11 is 0. The second-order valence-corrected chi connectivity index (χ2v) is 7.80. The van der Waals surface area contributed by atoms with Gasteiger partial charge in [0.25, 0.3) is 0 Å². The zero-order valence-electron chi connectivity index (χ0n) is 17.6. The van der Waals surface area contributed by atoms with E-state index < -0.39 is 0 Å². The van der Waals surface area contributed by atoms with Crippen molar-refractivity contribution in [3.8, 4) is 11.3 Å². The summed E-state index contributed by atoms with van der Waals surface area (Å²) in [5.74, 6) is 1.21. The second kappa shape index (κ2) is 9.64. The van der Waals surface area contributed by atoms with Crippen LogP contribution in [0.1, 0.15) is 44.3 Å². The molecule has 3 heterocycles. The van der Waals surface area contributed by atoms with Gasteiger partial charge in [0.15, 0.2) is 0 Å². The van der Waals surface area contributed by atoms with Gasteiger partial charge in [0.2, 0.25) is 5.91 Å². The molecule has 1 aliphatic rings. The van der Waals surface area contributed by atoms with E-state index in [1.54, 1.807) is 24.5 Å². The highest BCUT2D eigenvalue weighted by Crippen LogP contribution is 2.29. The van der Waals surface area contributed by atoms with Crippen molar-refractivity contribution in [3.05, 3.63) is 66.5 Å². The van der Waals surface area contributed by atoms with E-state index in [2.05, 4.69) is 10.3 Å². The summed E-state index contributed by atoms with van der Waals surface area (Å²) in [7, 11) is 0. The van der Waals surface area contributed by atoms with Crippen LogP contribution in [0.3, 0.4) is 0 Å². The van der Waals surface area contributed by atoms with Gasteiger partial charge >= 0.3 is 0 Å². The lowest BCUT2D eigenvalue weighted by molar-refractivity contribution is -0.132. The van der Waals surface area contributed by atoms with E-state index in [9.17, 15) is 9.18 Å². The fourth-order valence-corrected chi connectivity index (χ4v) is 3.88. The van der Waals surface area contributed by atoms with Crippen molar-refractivity contribution in [2.24, 2.45) is 0 Å². The molecule has 1 saturated heterocycles. The molecule has 1 amide bonds. The van der Waals surface area contributed by atoms with Crippen molar-refractivity contribution in [1.82, 2.24) is 19.9 Å². The van der Waals surface area contributed by atoms with Crippen molar-refractivity contribution >= 4 is 17.4 Å². The number of carbonyl (C=O) groups excluding carboxylic acids is 1. The molecular weight excluding hydrogens is 393 g/mol. The fourth-order valence-electron chi connectivity index (χ4n) is 3.88. The Morgan fingerprint density at radius 2 is 2.13 bits per heavy atom. The van der Waals surface area contributed by atoms with Crippen LogP contribution in [0.4, 0.5) is 15.9 Å². The Bertz CT molecular complexity index is 1040. The smallest absolute Gasteiger partial charge is 0.222 e. The zero-order chi connectivity index (χ0) is 21.6. The first-order chi connectivity index (χ1) is 15.1. The van der Waals surface area contributed by atoms with E-state index in [-0.39, 0.29) is 17.6 Å². The largest absolute Gasteiger partial charge is 0.342 e. The van der Waals surface area contributed by atoms with Gasteiger partial charge in [-0.3, -0.25) is 9.78 Å². The van der Waals surface area contributed by atoms with Gasteiger partial charge in [-0.15, -0.1) is 0 Å². The summed E-state index contributed by atoms with van der Waals surface area (Å²) in [6.45, 7) is 3.42. The summed E-state index contributed by atoms with van der Waals surface area (Å²) < 4.78 is 13.6. The van der Waals surface area contributed by atoms with Crippen LogP contribution >= 0.6 is 0 Å². The SMILES string of the molecule is CCCC(=O)N1CCCC(c2nc(Nc3cccc(F)c3)cc(-c3cccnc3)n2)C1. The number of halogens is 1. The maximum Gasteiger partial charge on any atom is 0.222 e. The minimum Gasteiger partial charge on any atom is -0.342 e. The molecule has 2 aromatic heterocycles. The van der Waals surface area contributed by atoms with E-state index in [0.29, 0.717) is 30.3 Å². The number of amides is 1. The average molecular weight is 420 g/mol. The third kappa shape index (κ3) is 5.23. The molecule has 4 rings (SSSR count). The lowest BCUT2D eigenvalue weighted by Crippen LogP contribution is -2.39. The number of rotatable bonds is 6. The van der Waals surface area contributed by atoms with E-state index in [1.807, 2.05) is 30.0 Å². The predicted molar refractivity (Wildman–Crippen MR) is 118 cm³/mol. The molecule has 0 spiro atoms. The third-order valence-corrected chi connectivity index (χ3v) is 5.40. The van der Waals surface area contributed by atoms with Crippen LogP contribution in [0, 0.1) is 5.82 Å². The van der Waals surface area contributed by atoms with Crippen LogP contribution in [0.25, 0.3) is 11.3 Å². The van der Waals surface area contributed by atoms with E-state index in [4.69, 9.17) is 9.97 Å². The lowest BCUT2D eigenvalue weighted by atomic mass is 9.96. The molecule has 0 radical (unpaired) electrons. The minimum absolute atomic E-state index is 0.0548.